The molecule has 0 heterocycles. The maximum Gasteiger partial charge on any atom is 0.0795 e. The van der Waals surface area contributed by atoms with Crippen molar-refractivity contribution in [2.45, 2.75) is 65.6 Å². The van der Waals surface area contributed by atoms with E-state index in [-0.39, 0.29) is 17.9 Å². The van der Waals surface area contributed by atoms with Crippen LogP contribution in [0.1, 0.15) is 53.4 Å². The van der Waals surface area contributed by atoms with Crippen LogP contribution in [-0.4, -0.2) is 22.4 Å². The Balaban J connectivity index is 2.12. The molecule has 1 fully saturated rings. The van der Waals surface area contributed by atoms with E-state index in [0.29, 0.717) is 11.8 Å². The summed E-state index contributed by atoms with van der Waals surface area (Å²) in [5.41, 5.74) is 3.61. The fourth-order valence-electron chi connectivity index (χ4n) is 4.38. The Hall–Kier alpha value is -0.860. The summed E-state index contributed by atoms with van der Waals surface area (Å²) >= 11 is 0. The predicted molar refractivity (Wildman–Crippen MR) is 92.4 cm³/mol. The molecule has 0 aromatic carbocycles. The van der Waals surface area contributed by atoms with Gasteiger partial charge in [0.15, 0.2) is 0 Å². The number of aliphatic hydroxyl groups excluding tert-OH is 2. The molecule has 1 saturated carbocycles. The Labute approximate surface area is 135 Å². The minimum atomic E-state index is -0.466. The van der Waals surface area contributed by atoms with E-state index >= 15 is 0 Å². The van der Waals surface area contributed by atoms with Gasteiger partial charge in [-0.25, -0.2) is 0 Å². The van der Waals surface area contributed by atoms with Crippen molar-refractivity contribution in [1.82, 2.24) is 0 Å². The van der Waals surface area contributed by atoms with Crippen molar-refractivity contribution < 1.29 is 10.2 Å². The fourth-order valence-corrected chi connectivity index (χ4v) is 4.38. The molecule has 2 nitrogen and oxygen atoms in total. The van der Waals surface area contributed by atoms with Crippen molar-refractivity contribution in [3.8, 4) is 0 Å². The monoisotopic (exact) mass is 304 g/mol. The molecule has 6 atom stereocenters. The van der Waals surface area contributed by atoms with Gasteiger partial charge >= 0.3 is 0 Å². The van der Waals surface area contributed by atoms with E-state index in [0.717, 1.165) is 36.8 Å². The van der Waals surface area contributed by atoms with E-state index in [9.17, 15) is 10.2 Å². The molecule has 0 bridgehead atoms. The number of hydrogen-bond donors (Lipinski definition) is 2. The number of hydrogen-bond acceptors (Lipinski definition) is 2. The lowest BCUT2D eigenvalue weighted by Gasteiger charge is -2.33. The average Bonchev–Trinajstić information content (AvgIpc) is 2.64. The van der Waals surface area contributed by atoms with E-state index in [1.54, 1.807) is 0 Å². The summed E-state index contributed by atoms with van der Waals surface area (Å²) in [6.07, 6.45) is 7.48. The zero-order valence-electron chi connectivity index (χ0n) is 14.5. The van der Waals surface area contributed by atoms with Crippen molar-refractivity contribution in [1.29, 1.82) is 0 Å². The van der Waals surface area contributed by atoms with Gasteiger partial charge in [0.2, 0.25) is 0 Å². The van der Waals surface area contributed by atoms with Crippen molar-refractivity contribution >= 4 is 0 Å². The highest BCUT2D eigenvalue weighted by molar-refractivity contribution is 5.28. The van der Waals surface area contributed by atoms with E-state index < -0.39 is 6.10 Å². The zero-order chi connectivity index (χ0) is 16.4. The first-order valence-corrected chi connectivity index (χ1v) is 8.68. The zero-order valence-corrected chi connectivity index (χ0v) is 14.5. The normalized spacial score (nSPS) is 36.4. The van der Waals surface area contributed by atoms with Gasteiger partial charge in [0.05, 0.1) is 12.2 Å². The minimum Gasteiger partial charge on any atom is -0.392 e. The van der Waals surface area contributed by atoms with E-state index in [1.165, 1.54) is 5.57 Å². The van der Waals surface area contributed by atoms with Crippen LogP contribution in [0, 0.1) is 23.7 Å². The molecule has 0 spiro atoms. The molecular weight excluding hydrogens is 272 g/mol. The predicted octanol–water partition coefficient (Wildman–Crippen LogP) is 4.25. The Morgan fingerprint density at radius 3 is 2.68 bits per heavy atom. The fraction of sp³-hybridized carbons (Fsp3) is 0.700. The molecule has 0 aromatic heterocycles. The molecule has 2 rings (SSSR count). The van der Waals surface area contributed by atoms with Gasteiger partial charge in [-0.2, -0.15) is 0 Å². The molecule has 0 saturated heterocycles. The topological polar surface area (TPSA) is 40.5 Å². The minimum absolute atomic E-state index is 0.0185. The Morgan fingerprint density at radius 1 is 1.36 bits per heavy atom. The van der Waals surface area contributed by atoms with Gasteiger partial charge in [-0.05, 0) is 58.3 Å². The van der Waals surface area contributed by atoms with Crippen molar-refractivity contribution in [2.75, 3.05) is 0 Å². The van der Waals surface area contributed by atoms with Gasteiger partial charge in [0.1, 0.15) is 0 Å². The average molecular weight is 304 g/mol. The summed E-state index contributed by atoms with van der Waals surface area (Å²) in [4.78, 5) is 0. The lowest BCUT2D eigenvalue weighted by atomic mass is 9.76. The van der Waals surface area contributed by atoms with Crippen LogP contribution in [0.2, 0.25) is 0 Å². The highest BCUT2D eigenvalue weighted by Gasteiger charge is 2.45. The van der Waals surface area contributed by atoms with E-state index in [1.807, 2.05) is 13.0 Å². The quantitative estimate of drug-likeness (QED) is 0.762. The van der Waals surface area contributed by atoms with Crippen LogP contribution in [0.4, 0.5) is 0 Å². The summed E-state index contributed by atoms with van der Waals surface area (Å²) in [5, 5.41) is 21.3. The van der Waals surface area contributed by atoms with Crippen LogP contribution in [0.5, 0.6) is 0 Å². The highest BCUT2D eigenvalue weighted by atomic mass is 16.3. The lowest BCUT2D eigenvalue weighted by Crippen LogP contribution is -2.36. The summed E-state index contributed by atoms with van der Waals surface area (Å²) in [5.74, 6) is 0.861. The molecule has 2 aliphatic carbocycles. The number of aliphatic hydroxyl groups is 2. The third-order valence-corrected chi connectivity index (χ3v) is 5.70. The first-order valence-electron chi connectivity index (χ1n) is 8.68. The second-order valence-electron chi connectivity index (χ2n) is 7.64. The third-order valence-electron chi connectivity index (χ3n) is 5.70. The molecule has 0 aromatic rings. The van der Waals surface area contributed by atoms with E-state index in [2.05, 4.69) is 33.4 Å². The number of fused-ring (bicyclic) bond motifs is 1. The largest absolute Gasteiger partial charge is 0.392 e. The Kier molecular flexibility index (Phi) is 5.68. The molecule has 0 aliphatic heterocycles. The molecule has 0 amide bonds. The van der Waals surface area contributed by atoms with Crippen molar-refractivity contribution in [3.63, 3.8) is 0 Å². The summed E-state index contributed by atoms with van der Waals surface area (Å²) in [6, 6.07) is 0. The van der Waals surface area contributed by atoms with Crippen LogP contribution < -0.4 is 0 Å². The number of rotatable bonds is 4. The van der Waals surface area contributed by atoms with Gasteiger partial charge in [-0.3, -0.25) is 0 Å². The molecule has 2 aliphatic rings. The summed E-state index contributed by atoms with van der Waals surface area (Å²) < 4.78 is 0. The maximum atomic E-state index is 11.0. The van der Waals surface area contributed by atoms with Crippen LogP contribution in [0.25, 0.3) is 0 Å². The SMILES string of the molecule is C=C1CC[C@@H](C(C)CCC=C(C)C)[C@@H](O)[C@@H]2C(C)=C[C@@H](O)[C@@H]12. The first-order chi connectivity index (χ1) is 10.3. The van der Waals surface area contributed by atoms with Crippen molar-refractivity contribution in [2.24, 2.45) is 23.7 Å². The molecule has 2 N–H and O–H groups in total. The Morgan fingerprint density at radius 2 is 2.05 bits per heavy atom. The second-order valence-corrected chi connectivity index (χ2v) is 7.64. The molecule has 2 heteroatoms. The van der Waals surface area contributed by atoms with Crippen LogP contribution in [0.15, 0.2) is 35.5 Å². The third kappa shape index (κ3) is 3.55. The summed E-state index contributed by atoms with van der Waals surface area (Å²) in [6.45, 7) is 12.8. The molecule has 124 valence electrons. The highest BCUT2D eigenvalue weighted by Crippen LogP contribution is 2.47. The van der Waals surface area contributed by atoms with E-state index in [4.69, 9.17) is 0 Å². The Bertz CT molecular complexity index is 470. The van der Waals surface area contributed by atoms with Crippen LogP contribution in [-0.2, 0) is 0 Å². The molecular formula is C20H32O2. The molecule has 0 radical (unpaired) electrons. The van der Waals surface area contributed by atoms with Gasteiger partial charge in [-0.15, -0.1) is 0 Å². The molecule has 22 heavy (non-hydrogen) atoms. The standard InChI is InChI=1S/C20H32O2/c1-12(2)7-6-8-13(3)16-10-9-14(4)18-17(21)11-15(5)19(18)20(16)22/h7,11,13,16-22H,4,6,8-10H2,1-3,5H3/t13?,16-,17+,18+,19+,20+/m0/s1. The second kappa shape index (κ2) is 7.14. The van der Waals surface area contributed by atoms with Crippen LogP contribution in [0.3, 0.4) is 0 Å². The summed E-state index contributed by atoms with van der Waals surface area (Å²) in [7, 11) is 0. The maximum absolute atomic E-state index is 11.0. The van der Waals surface area contributed by atoms with Gasteiger partial charge in [0, 0.05) is 11.8 Å². The lowest BCUT2D eigenvalue weighted by molar-refractivity contribution is 0.0174. The first kappa shape index (κ1) is 17.5. The van der Waals surface area contributed by atoms with Crippen LogP contribution >= 0.6 is 0 Å². The number of allylic oxidation sites excluding steroid dienone is 2. The van der Waals surface area contributed by atoms with Gasteiger partial charge < -0.3 is 10.2 Å². The molecule has 1 unspecified atom stereocenters. The smallest absolute Gasteiger partial charge is 0.0795 e. The van der Waals surface area contributed by atoms with Gasteiger partial charge in [-0.1, -0.05) is 42.4 Å². The van der Waals surface area contributed by atoms with Gasteiger partial charge in [0.25, 0.3) is 0 Å². The van der Waals surface area contributed by atoms with Crippen molar-refractivity contribution in [3.05, 3.63) is 35.5 Å².